The van der Waals surface area contributed by atoms with E-state index in [2.05, 4.69) is 0 Å². The largest absolute Gasteiger partial charge is 0.465 e. The van der Waals surface area contributed by atoms with Crippen LogP contribution in [-0.4, -0.2) is 29.2 Å². The molecule has 156 valence electrons. The number of rotatable bonds is 7. The molecule has 30 heavy (non-hydrogen) atoms. The predicted octanol–water partition coefficient (Wildman–Crippen LogP) is 5.56. The predicted molar refractivity (Wildman–Crippen MR) is 118 cm³/mol. The molecule has 1 aromatic heterocycles. The Balaban J connectivity index is 2.33. The van der Waals surface area contributed by atoms with Gasteiger partial charge in [0, 0.05) is 30.3 Å². The number of Topliss-reactive ketones (excluding diaryl/α,β-unsaturated/α-hetero) is 2. The van der Waals surface area contributed by atoms with Gasteiger partial charge in [-0.15, -0.1) is 0 Å². The first-order valence-electron chi connectivity index (χ1n) is 9.76. The van der Waals surface area contributed by atoms with Crippen LogP contribution in [0.15, 0.2) is 42.5 Å². The minimum Gasteiger partial charge on any atom is -0.465 e. The van der Waals surface area contributed by atoms with Crippen LogP contribution in [0.3, 0.4) is 0 Å². The standard InChI is InChI=1S/C24H24ClNO4/c1-14(2)11-21(28)22-18-10-9-16(24(29)30-4)12-20(18)26(23(22)15(3)27)13-17-7-5-6-8-19(17)25/h5-10,12,14H,11,13H2,1-4H3. The Bertz CT molecular complexity index is 1140. The van der Waals surface area contributed by atoms with Gasteiger partial charge in [0.25, 0.3) is 0 Å². The molecule has 0 amide bonds. The van der Waals surface area contributed by atoms with E-state index in [0.29, 0.717) is 45.7 Å². The van der Waals surface area contributed by atoms with Crippen molar-refractivity contribution in [1.29, 1.82) is 0 Å². The lowest BCUT2D eigenvalue weighted by Crippen LogP contribution is -2.13. The highest BCUT2D eigenvalue weighted by atomic mass is 35.5. The molecule has 2 aromatic carbocycles. The molecule has 0 fully saturated rings. The highest BCUT2D eigenvalue weighted by molar-refractivity contribution is 6.31. The van der Waals surface area contributed by atoms with Crippen LogP contribution < -0.4 is 0 Å². The Kier molecular flexibility index (Phi) is 6.42. The quantitative estimate of drug-likeness (QED) is 0.367. The molecule has 0 saturated carbocycles. The van der Waals surface area contributed by atoms with Crippen molar-refractivity contribution in [3.63, 3.8) is 0 Å². The summed E-state index contributed by atoms with van der Waals surface area (Å²) in [5.41, 5.74) is 2.51. The average molecular weight is 426 g/mol. The monoisotopic (exact) mass is 425 g/mol. The Hall–Kier alpha value is -2.92. The van der Waals surface area contributed by atoms with Gasteiger partial charge in [-0.05, 0) is 29.7 Å². The summed E-state index contributed by atoms with van der Waals surface area (Å²) in [6, 6.07) is 12.3. The smallest absolute Gasteiger partial charge is 0.337 e. The van der Waals surface area contributed by atoms with Gasteiger partial charge in [0.05, 0.1) is 29.4 Å². The summed E-state index contributed by atoms with van der Waals surface area (Å²) in [6.07, 6.45) is 0.324. The molecule has 0 N–H and O–H groups in total. The Morgan fingerprint density at radius 2 is 1.80 bits per heavy atom. The second-order valence-electron chi connectivity index (χ2n) is 7.70. The summed E-state index contributed by atoms with van der Waals surface area (Å²) in [6.45, 7) is 5.67. The van der Waals surface area contributed by atoms with Crippen molar-refractivity contribution < 1.29 is 19.1 Å². The average Bonchev–Trinajstić information content (AvgIpc) is 3.02. The molecule has 3 rings (SSSR count). The van der Waals surface area contributed by atoms with E-state index in [-0.39, 0.29) is 17.5 Å². The third-order valence-electron chi connectivity index (χ3n) is 4.98. The van der Waals surface area contributed by atoms with Gasteiger partial charge in [0.1, 0.15) is 0 Å². The molecular weight excluding hydrogens is 402 g/mol. The van der Waals surface area contributed by atoms with Crippen LogP contribution in [-0.2, 0) is 11.3 Å². The first-order chi connectivity index (χ1) is 14.2. The lowest BCUT2D eigenvalue weighted by atomic mass is 9.97. The number of carbonyl (C=O) groups excluding carboxylic acids is 3. The van der Waals surface area contributed by atoms with Crippen LogP contribution in [0.2, 0.25) is 5.02 Å². The fraction of sp³-hybridized carbons (Fsp3) is 0.292. The topological polar surface area (TPSA) is 65.4 Å². The SMILES string of the molecule is COC(=O)c1ccc2c(C(=O)CC(C)C)c(C(C)=O)n(Cc3ccccc3Cl)c2c1. The van der Waals surface area contributed by atoms with E-state index in [4.69, 9.17) is 16.3 Å². The molecule has 5 nitrogen and oxygen atoms in total. The first-order valence-corrected chi connectivity index (χ1v) is 10.1. The summed E-state index contributed by atoms with van der Waals surface area (Å²) in [5, 5.41) is 1.21. The van der Waals surface area contributed by atoms with Gasteiger partial charge in [-0.25, -0.2) is 4.79 Å². The number of methoxy groups -OCH3 is 1. The maximum absolute atomic E-state index is 13.1. The van der Waals surface area contributed by atoms with Crippen molar-refractivity contribution in [2.24, 2.45) is 5.92 Å². The molecule has 3 aromatic rings. The molecule has 0 aliphatic heterocycles. The van der Waals surface area contributed by atoms with Crippen LogP contribution >= 0.6 is 11.6 Å². The van der Waals surface area contributed by atoms with Crippen molar-refractivity contribution in [3.8, 4) is 0 Å². The molecule has 0 spiro atoms. The number of esters is 1. The zero-order chi connectivity index (χ0) is 22.0. The zero-order valence-electron chi connectivity index (χ0n) is 17.5. The van der Waals surface area contributed by atoms with Gasteiger partial charge in [0.2, 0.25) is 0 Å². The number of nitrogens with zero attached hydrogens (tertiary/aromatic N) is 1. The van der Waals surface area contributed by atoms with E-state index >= 15 is 0 Å². The van der Waals surface area contributed by atoms with Crippen LogP contribution in [0.5, 0.6) is 0 Å². The van der Waals surface area contributed by atoms with E-state index in [0.717, 1.165) is 5.56 Å². The number of fused-ring (bicyclic) bond motifs is 1. The van der Waals surface area contributed by atoms with E-state index in [1.807, 2.05) is 32.0 Å². The van der Waals surface area contributed by atoms with E-state index in [1.54, 1.807) is 28.8 Å². The summed E-state index contributed by atoms with van der Waals surface area (Å²) >= 11 is 6.36. The van der Waals surface area contributed by atoms with Crippen LogP contribution in [0.4, 0.5) is 0 Å². The number of halogens is 1. The first kappa shape index (κ1) is 21.8. The van der Waals surface area contributed by atoms with Crippen LogP contribution in [0.25, 0.3) is 10.9 Å². The minimum atomic E-state index is -0.484. The van der Waals surface area contributed by atoms with Crippen LogP contribution in [0.1, 0.15) is 64.0 Å². The van der Waals surface area contributed by atoms with Gasteiger partial charge < -0.3 is 9.30 Å². The molecule has 1 heterocycles. The number of benzene rings is 2. The number of ether oxygens (including phenoxy) is 1. The second-order valence-corrected chi connectivity index (χ2v) is 8.11. The maximum atomic E-state index is 13.1. The third kappa shape index (κ3) is 4.17. The lowest BCUT2D eigenvalue weighted by molar-refractivity contribution is 0.0600. The second kappa shape index (κ2) is 8.84. The Labute approximate surface area is 180 Å². The molecule has 0 unspecified atom stereocenters. The fourth-order valence-corrected chi connectivity index (χ4v) is 3.87. The number of ketones is 2. The minimum absolute atomic E-state index is 0.0936. The van der Waals surface area contributed by atoms with Crippen molar-refractivity contribution in [2.45, 2.75) is 33.7 Å². The molecule has 0 aliphatic carbocycles. The third-order valence-corrected chi connectivity index (χ3v) is 5.35. The van der Waals surface area contributed by atoms with E-state index in [9.17, 15) is 14.4 Å². The van der Waals surface area contributed by atoms with Crippen molar-refractivity contribution in [3.05, 3.63) is 69.9 Å². The molecule has 0 radical (unpaired) electrons. The van der Waals surface area contributed by atoms with Crippen molar-refractivity contribution in [1.82, 2.24) is 4.57 Å². The van der Waals surface area contributed by atoms with Gasteiger partial charge in [-0.2, -0.15) is 0 Å². The summed E-state index contributed by atoms with van der Waals surface area (Å²) in [4.78, 5) is 37.9. The number of carbonyl (C=O) groups is 3. The fourth-order valence-electron chi connectivity index (χ4n) is 3.68. The van der Waals surface area contributed by atoms with Gasteiger partial charge in [-0.1, -0.05) is 49.7 Å². The molecular formula is C24H24ClNO4. The number of hydrogen-bond donors (Lipinski definition) is 0. The van der Waals surface area contributed by atoms with Crippen LogP contribution in [0, 0.1) is 5.92 Å². The van der Waals surface area contributed by atoms with Crippen molar-refractivity contribution >= 4 is 40.0 Å². The maximum Gasteiger partial charge on any atom is 0.337 e. The molecule has 6 heteroatoms. The molecule has 0 aliphatic rings. The zero-order valence-corrected chi connectivity index (χ0v) is 18.2. The summed E-state index contributed by atoms with van der Waals surface area (Å²) in [7, 11) is 1.31. The van der Waals surface area contributed by atoms with Gasteiger partial charge in [0.15, 0.2) is 11.6 Å². The van der Waals surface area contributed by atoms with E-state index < -0.39 is 5.97 Å². The Morgan fingerprint density at radius 3 is 2.40 bits per heavy atom. The normalized spacial score (nSPS) is 11.1. The molecule has 0 saturated heterocycles. The number of aromatic nitrogens is 1. The molecule has 0 atom stereocenters. The molecule has 0 bridgehead atoms. The lowest BCUT2D eigenvalue weighted by Gasteiger charge is -2.12. The van der Waals surface area contributed by atoms with Gasteiger partial charge in [-0.3, -0.25) is 9.59 Å². The Morgan fingerprint density at radius 1 is 1.10 bits per heavy atom. The number of hydrogen-bond acceptors (Lipinski definition) is 4. The highest BCUT2D eigenvalue weighted by Crippen LogP contribution is 2.31. The van der Waals surface area contributed by atoms with E-state index in [1.165, 1.54) is 14.0 Å². The summed E-state index contributed by atoms with van der Waals surface area (Å²) in [5.74, 6) is -0.649. The summed E-state index contributed by atoms with van der Waals surface area (Å²) < 4.78 is 6.62. The van der Waals surface area contributed by atoms with Gasteiger partial charge >= 0.3 is 5.97 Å². The van der Waals surface area contributed by atoms with Crippen molar-refractivity contribution in [2.75, 3.05) is 7.11 Å². The highest BCUT2D eigenvalue weighted by Gasteiger charge is 2.26.